The molecule has 0 aliphatic carbocycles. The number of phenolic OH excluding ortho intramolecular Hbond substituents is 1. The maximum absolute atomic E-state index is 10.2. The number of halogens is 1. The van der Waals surface area contributed by atoms with Crippen LogP contribution in [0.4, 0.5) is 5.82 Å². The molecule has 28 heavy (non-hydrogen) atoms. The van der Waals surface area contributed by atoms with Crippen LogP contribution in [0.2, 0.25) is 0 Å². The van der Waals surface area contributed by atoms with E-state index in [1.807, 2.05) is 0 Å². The standard InChI is InChI=1S/C17H18BrN5O5/c18-9-1-2-10(25)8(3-9)4-19-15-12-16(21-6-20-15)23(7-22-12)17-14(27)13(26)11(5-24)28-17/h1-3,6-7,11,13-14,17,24-27H,4-5H2,(H,19,20,21)/t11-,13-,14+,17-/m1/s1. The van der Waals surface area contributed by atoms with E-state index in [1.54, 1.807) is 18.2 Å². The SMILES string of the molecule is OC[C@H]1O[C@@H](n2cnc3c(NCc4cc(Br)ccc4O)ncnc32)[C@@H](O)[C@@H]1O. The predicted molar refractivity (Wildman–Crippen MR) is 101 cm³/mol. The minimum absolute atomic E-state index is 0.151. The first-order valence-electron chi connectivity index (χ1n) is 8.51. The number of nitrogens with zero attached hydrogens (tertiary/aromatic N) is 4. The molecule has 1 saturated heterocycles. The Morgan fingerprint density at radius 2 is 2.00 bits per heavy atom. The molecule has 1 aliphatic heterocycles. The van der Waals surface area contributed by atoms with Crippen LogP contribution in [0.25, 0.3) is 11.2 Å². The summed E-state index contributed by atoms with van der Waals surface area (Å²) < 4.78 is 7.86. The summed E-state index contributed by atoms with van der Waals surface area (Å²) in [4.78, 5) is 12.7. The molecule has 0 unspecified atom stereocenters. The van der Waals surface area contributed by atoms with Crippen LogP contribution in [0.3, 0.4) is 0 Å². The van der Waals surface area contributed by atoms with E-state index in [9.17, 15) is 20.4 Å². The Kier molecular flexibility index (Phi) is 5.17. The molecule has 4 rings (SSSR count). The van der Waals surface area contributed by atoms with Crippen LogP contribution >= 0.6 is 15.9 Å². The average molecular weight is 452 g/mol. The second-order valence-electron chi connectivity index (χ2n) is 6.40. The summed E-state index contributed by atoms with van der Waals surface area (Å²) in [5, 5.41) is 42.6. The van der Waals surface area contributed by atoms with Crippen LogP contribution in [0, 0.1) is 0 Å². The summed E-state index contributed by atoms with van der Waals surface area (Å²) >= 11 is 3.37. The molecule has 0 spiro atoms. The van der Waals surface area contributed by atoms with Crippen molar-refractivity contribution in [1.82, 2.24) is 19.5 Å². The van der Waals surface area contributed by atoms with Crippen molar-refractivity contribution >= 4 is 32.9 Å². The van der Waals surface area contributed by atoms with E-state index >= 15 is 0 Å². The maximum atomic E-state index is 10.2. The van der Waals surface area contributed by atoms with Gasteiger partial charge in [-0.05, 0) is 18.2 Å². The minimum atomic E-state index is -1.24. The summed E-state index contributed by atoms with van der Waals surface area (Å²) in [6.45, 7) is -0.114. The molecule has 2 aromatic heterocycles. The number of benzene rings is 1. The van der Waals surface area contributed by atoms with Gasteiger partial charge < -0.3 is 30.5 Å². The van der Waals surface area contributed by atoms with E-state index in [1.165, 1.54) is 17.2 Å². The lowest BCUT2D eigenvalue weighted by Gasteiger charge is -2.16. The topological polar surface area (TPSA) is 146 Å². The number of hydrogen-bond acceptors (Lipinski definition) is 9. The smallest absolute Gasteiger partial charge is 0.167 e. The van der Waals surface area contributed by atoms with Gasteiger partial charge in [-0.25, -0.2) is 15.0 Å². The third-order valence-electron chi connectivity index (χ3n) is 4.64. The molecular formula is C17H18BrN5O5. The van der Waals surface area contributed by atoms with Crippen molar-refractivity contribution in [2.45, 2.75) is 31.1 Å². The van der Waals surface area contributed by atoms with Crippen molar-refractivity contribution in [2.24, 2.45) is 0 Å². The summed E-state index contributed by atoms with van der Waals surface area (Å²) in [6.07, 6.45) is -1.51. The van der Waals surface area contributed by atoms with Crippen molar-refractivity contribution in [2.75, 3.05) is 11.9 Å². The number of fused-ring (bicyclic) bond motifs is 1. The lowest BCUT2D eigenvalue weighted by Crippen LogP contribution is -2.33. The number of ether oxygens (including phenoxy) is 1. The maximum Gasteiger partial charge on any atom is 0.167 e. The van der Waals surface area contributed by atoms with E-state index in [2.05, 4.69) is 36.2 Å². The number of nitrogens with one attached hydrogen (secondary N) is 1. The Hall–Kier alpha value is -2.31. The highest BCUT2D eigenvalue weighted by Crippen LogP contribution is 2.32. The first-order valence-corrected chi connectivity index (χ1v) is 9.30. The number of aliphatic hydroxyl groups is 3. The molecule has 0 saturated carbocycles. The first-order chi connectivity index (χ1) is 13.5. The number of phenols is 1. The van der Waals surface area contributed by atoms with E-state index in [0.29, 0.717) is 29.1 Å². The van der Waals surface area contributed by atoms with Crippen molar-refractivity contribution in [1.29, 1.82) is 0 Å². The highest BCUT2D eigenvalue weighted by atomic mass is 79.9. The van der Waals surface area contributed by atoms with Crippen LogP contribution in [0.5, 0.6) is 5.75 Å². The fourth-order valence-corrected chi connectivity index (χ4v) is 3.56. The molecule has 4 atom stereocenters. The van der Waals surface area contributed by atoms with Crippen LogP contribution in [-0.2, 0) is 11.3 Å². The van der Waals surface area contributed by atoms with Crippen molar-refractivity contribution in [3.8, 4) is 5.75 Å². The van der Waals surface area contributed by atoms with Crippen LogP contribution in [-0.4, -0.2) is 64.9 Å². The van der Waals surface area contributed by atoms with Gasteiger partial charge in [0.2, 0.25) is 0 Å². The Morgan fingerprint density at radius 3 is 2.75 bits per heavy atom. The zero-order valence-electron chi connectivity index (χ0n) is 14.5. The van der Waals surface area contributed by atoms with Gasteiger partial charge in [0.05, 0.1) is 12.9 Å². The van der Waals surface area contributed by atoms with Gasteiger partial charge in [-0.15, -0.1) is 0 Å². The quantitative estimate of drug-likeness (QED) is 0.374. The van der Waals surface area contributed by atoms with Gasteiger partial charge in [-0.3, -0.25) is 4.57 Å². The monoisotopic (exact) mass is 451 g/mol. The Labute approximate surface area is 167 Å². The van der Waals surface area contributed by atoms with E-state index in [-0.39, 0.29) is 5.75 Å². The van der Waals surface area contributed by atoms with Crippen LogP contribution in [0.15, 0.2) is 35.3 Å². The summed E-state index contributed by atoms with van der Waals surface area (Å²) in [6, 6.07) is 5.12. The molecule has 1 fully saturated rings. The van der Waals surface area contributed by atoms with Gasteiger partial charge in [0, 0.05) is 16.6 Å². The second-order valence-corrected chi connectivity index (χ2v) is 7.32. The molecule has 1 aliphatic rings. The second kappa shape index (κ2) is 7.60. The van der Waals surface area contributed by atoms with Crippen molar-refractivity contribution in [3.05, 3.63) is 40.9 Å². The number of aromatic nitrogens is 4. The van der Waals surface area contributed by atoms with Gasteiger partial charge in [0.1, 0.15) is 30.4 Å². The average Bonchev–Trinajstić information content (AvgIpc) is 3.24. The summed E-state index contributed by atoms with van der Waals surface area (Å²) in [7, 11) is 0. The largest absolute Gasteiger partial charge is 0.508 e. The van der Waals surface area contributed by atoms with Gasteiger partial charge in [-0.2, -0.15) is 0 Å². The Balaban J connectivity index is 1.61. The zero-order valence-corrected chi connectivity index (χ0v) is 16.1. The number of rotatable bonds is 5. The molecule has 10 nitrogen and oxygen atoms in total. The molecular weight excluding hydrogens is 434 g/mol. The third-order valence-corrected chi connectivity index (χ3v) is 5.13. The van der Waals surface area contributed by atoms with E-state index in [0.717, 1.165) is 4.47 Å². The summed E-state index contributed by atoms with van der Waals surface area (Å²) in [5.74, 6) is 0.591. The van der Waals surface area contributed by atoms with Gasteiger partial charge >= 0.3 is 0 Å². The number of imidazole rings is 1. The third kappa shape index (κ3) is 3.31. The normalized spacial score (nSPS) is 24.7. The molecule has 1 aromatic carbocycles. The van der Waals surface area contributed by atoms with Gasteiger partial charge in [0.25, 0.3) is 0 Å². The fraction of sp³-hybridized carbons (Fsp3) is 0.353. The molecule has 5 N–H and O–H groups in total. The Morgan fingerprint density at radius 1 is 1.18 bits per heavy atom. The van der Waals surface area contributed by atoms with E-state index < -0.39 is 31.1 Å². The molecule has 148 valence electrons. The number of hydrogen-bond donors (Lipinski definition) is 5. The van der Waals surface area contributed by atoms with Gasteiger partial charge in [0.15, 0.2) is 23.2 Å². The first kappa shape index (κ1) is 19.0. The number of aliphatic hydroxyl groups excluding tert-OH is 3. The van der Waals surface area contributed by atoms with Gasteiger partial charge in [-0.1, -0.05) is 15.9 Å². The molecule has 0 bridgehead atoms. The van der Waals surface area contributed by atoms with Crippen LogP contribution in [0.1, 0.15) is 11.8 Å². The highest BCUT2D eigenvalue weighted by molar-refractivity contribution is 9.10. The van der Waals surface area contributed by atoms with Crippen molar-refractivity contribution in [3.63, 3.8) is 0 Å². The van der Waals surface area contributed by atoms with Crippen LogP contribution < -0.4 is 5.32 Å². The minimum Gasteiger partial charge on any atom is -0.508 e. The van der Waals surface area contributed by atoms with Crippen molar-refractivity contribution < 1.29 is 25.2 Å². The lowest BCUT2D eigenvalue weighted by molar-refractivity contribution is -0.0511. The number of aromatic hydroxyl groups is 1. The lowest BCUT2D eigenvalue weighted by atomic mass is 10.1. The molecule has 3 aromatic rings. The highest BCUT2D eigenvalue weighted by Gasteiger charge is 2.44. The molecule has 11 heteroatoms. The molecule has 0 amide bonds. The van der Waals surface area contributed by atoms with E-state index in [4.69, 9.17) is 4.74 Å². The Bertz CT molecular complexity index is 999. The number of anilines is 1. The fourth-order valence-electron chi connectivity index (χ4n) is 3.15. The molecule has 3 heterocycles. The molecule has 0 radical (unpaired) electrons. The summed E-state index contributed by atoms with van der Waals surface area (Å²) in [5.41, 5.74) is 1.50. The predicted octanol–water partition coefficient (Wildman–Crippen LogP) is 0.518. The zero-order chi connectivity index (χ0) is 19.8.